The minimum absolute atomic E-state index is 0.592. The van der Waals surface area contributed by atoms with E-state index in [-0.39, 0.29) is 0 Å². The standard InChI is InChI=1S/C9H19N/c1-8(2)9(3)5-6-10(4)7-9/h8H,5-7H2,1-4H3. The molecule has 1 saturated heterocycles. The van der Waals surface area contributed by atoms with Crippen LogP contribution in [-0.2, 0) is 0 Å². The third-order valence-electron chi connectivity index (χ3n) is 3.09. The van der Waals surface area contributed by atoms with E-state index in [1.54, 1.807) is 0 Å². The van der Waals surface area contributed by atoms with Gasteiger partial charge in [-0.1, -0.05) is 20.8 Å². The summed E-state index contributed by atoms with van der Waals surface area (Å²) < 4.78 is 0. The van der Waals surface area contributed by atoms with Crippen molar-refractivity contribution >= 4 is 0 Å². The first-order valence-electron chi connectivity index (χ1n) is 4.23. The van der Waals surface area contributed by atoms with Crippen LogP contribution in [0.15, 0.2) is 0 Å². The van der Waals surface area contributed by atoms with Crippen LogP contribution in [0.4, 0.5) is 0 Å². The van der Waals surface area contributed by atoms with Crippen LogP contribution in [-0.4, -0.2) is 25.0 Å². The number of hydrogen-bond donors (Lipinski definition) is 0. The summed E-state index contributed by atoms with van der Waals surface area (Å²) in [6, 6.07) is 0. The smallest absolute Gasteiger partial charge is 0.00352 e. The van der Waals surface area contributed by atoms with Crippen LogP contribution < -0.4 is 0 Å². The lowest BCUT2D eigenvalue weighted by Gasteiger charge is -2.28. The van der Waals surface area contributed by atoms with Gasteiger partial charge in [-0.15, -0.1) is 0 Å². The van der Waals surface area contributed by atoms with Crippen molar-refractivity contribution in [3.05, 3.63) is 0 Å². The van der Waals surface area contributed by atoms with Gasteiger partial charge in [0.1, 0.15) is 0 Å². The molecule has 0 amide bonds. The van der Waals surface area contributed by atoms with Crippen molar-refractivity contribution in [1.29, 1.82) is 0 Å². The Balaban J connectivity index is 2.54. The fraction of sp³-hybridized carbons (Fsp3) is 1.00. The van der Waals surface area contributed by atoms with Gasteiger partial charge in [-0.3, -0.25) is 0 Å². The Kier molecular flexibility index (Phi) is 2.04. The molecule has 0 N–H and O–H groups in total. The van der Waals surface area contributed by atoms with Gasteiger partial charge in [-0.2, -0.15) is 0 Å². The van der Waals surface area contributed by atoms with Gasteiger partial charge in [0.25, 0.3) is 0 Å². The van der Waals surface area contributed by atoms with Gasteiger partial charge in [0.2, 0.25) is 0 Å². The zero-order valence-corrected chi connectivity index (χ0v) is 7.65. The Labute approximate surface area is 64.4 Å². The van der Waals surface area contributed by atoms with Crippen LogP contribution in [0.25, 0.3) is 0 Å². The maximum atomic E-state index is 2.43. The molecule has 1 unspecified atom stereocenters. The van der Waals surface area contributed by atoms with E-state index in [1.807, 2.05) is 0 Å². The van der Waals surface area contributed by atoms with Crippen LogP contribution >= 0.6 is 0 Å². The summed E-state index contributed by atoms with van der Waals surface area (Å²) in [6.07, 6.45) is 1.38. The Morgan fingerprint density at radius 2 is 2.00 bits per heavy atom. The maximum absolute atomic E-state index is 2.43. The molecule has 1 rings (SSSR count). The molecule has 1 heteroatoms. The molecule has 0 radical (unpaired) electrons. The summed E-state index contributed by atoms with van der Waals surface area (Å²) in [6.45, 7) is 9.64. The van der Waals surface area contributed by atoms with Gasteiger partial charge in [0.05, 0.1) is 0 Å². The highest BCUT2D eigenvalue weighted by atomic mass is 15.1. The quantitative estimate of drug-likeness (QED) is 0.540. The number of nitrogens with zero attached hydrogens (tertiary/aromatic N) is 1. The van der Waals surface area contributed by atoms with Crippen LogP contribution in [0.5, 0.6) is 0 Å². The third kappa shape index (κ3) is 1.34. The first kappa shape index (κ1) is 8.06. The Bertz CT molecular complexity index is 120. The molecule has 0 aromatic carbocycles. The Hall–Kier alpha value is -0.0400. The lowest BCUT2D eigenvalue weighted by atomic mass is 9.79. The van der Waals surface area contributed by atoms with E-state index in [4.69, 9.17) is 0 Å². The highest BCUT2D eigenvalue weighted by molar-refractivity contribution is 4.86. The molecule has 1 aliphatic heterocycles. The van der Waals surface area contributed by atoms with Gasteiger partial charge in [0.15, 0.2) is 0 Å². The Morgan fingerprint density at radius 1 is 1.40 bits per heavy atom. The van der Waals surface area contributed by atoms with Crippen molar-refractivity contribution < 1.29 is 0 Å². The molecule has 0 spiro atoms. The predicted molar refractivity (Wildman–Crippen MR) is 45.1 cm³/mol. The van der Waals surface area contributed by atoms with Crippen LogP contribution in [0.2, 0.25) is 0 Å². The SMILES string of the molecule is CC(C)C1(C)CCN(C)C1. The van der Waals surface area contributed by atoms with Crippen molar-refractivity contribution in [2.24, 2.45) is 11.3 Å². The molecule has 0 saturated carbocycles. The first-order valence-corrected chi connectivity index (χ1v) is 4.23. The van der Waals surface area contributed by atoms with E-state index in [9.17, 15) is 0 Å². The minimum Gasteiger partial charge on any atom is -0.306 e. The van der Waals surface area contributed by atoms with Gasteiger partial charge in [0, 0.05) is 6.54 Å². The van der Waals surface area contributed by atoms with Crippen LogP contribution in [0.3, 0.4) is 0 Å². The molecule has 1 heterocycles. The fourth-order valence-electron chi connectivity index (χ4n) is 1.69. The van der Waals surface area contributed by atoms with Crippen molar-refractivity contribution in [3.63, 3.8) is 0 Å². The third-order valence-corrected chi connectivity index (χ3v) is 3.09. The summed E-state index contributed by atoms with van der Waals surface area (Å²) in [5.41, 5.74) is 0.592. The first-order chi connectivity index (χ1) is 4.54. The maximum Gasteiger partial charge on any atom is 0.00352 e. The zero-order chi connectivity index (χ0) is 7.78. The largest absolute Gasteiger partial charge is 0.306 e. The molecule has 0 bridgehead atoms. The molecule has 0 aromatic heterocycles. The topological polar surface area (TPSA) is 3.24 Å². The molecule has 0 aliphatic carbocycles. The van der Waals surface area contributed by atoms with E-state index in [1.165, 1.54) is 19.5 Å². The molecular formula is C9H19N. The number of likely N-dealkylation sites (tertiary alicyclic amines) is 1. The van der Waals surface area contributed by atoms with Crippen molar-refractivity contribution in [2.45, 2.75) is 27.2 Å². The van der Waals surface area contributed by atoms with Gasteiger partial charge in [-0.05, 0) is 31.3 Å². The van der Waals surface area contributed by atoms with E-state index in [0.717, 1.165) is 5.92 Å². The number of rotatable bonds is 1. The lowest BCUT2D eigenvalue weighted by molar-refractivity contribution is 0.223. The van der Waals surface area contributed by atoms with Crippen LogP contribution in [0, 0.1) is 11.3 Å². The van der Waals surface area contributed by atoms with Crippen molar-refractivity contribution in [3.8, 4) is 0 Å². The second kappa shape index (κ2) is 2.54. The van der Waals surface area contributed by atoms with Gasteiger partial charge >= 0.3 is 0 Å². The Morgan fingerprint density at radius 3 is 2.20 bits per heavy atom. The highest BCUT2D eigenvalue weighted by Crippen LogP contribution is 2.36. The van der Waals surface area contributed by atoms with Crippen LogP contribution in [0.1, 0.15) is 27.2 Å². The molecule has 0 aromatic rings. The summed E-state index contributed by atoms with van der Waals surface area (Å²) in [5, 5.41) is 0. The van der Waals surface area contributed by atoms with E-state index in [2.05, 4.69) is 32.7 Å². The summed E-state index contributed by atoms with van der Waals surface area (Å²) in [5.74, 6) is 0.831. The average Bonchev–Trinajstić information content (AvgIpc) is 2.13. The van der Waals surface area contributed by atoms with Crippen molar-refractivity contribution in [2.75, 3.05) is 20.1 Å². The average molecular weight is 141 g/mol. The lowest BCUT2D eigenvalue weighted by Crippen LogP contribution is -2.26. The monoisotopic (exact) mass is 141 g/mol. The molecule has 1 aliphatic rings. The van der Waals surface area contributed by atoms with E-state index >= 15 is 0 Å². The van der Waals surface area contributed by atoms with Gasteiger partial charge < -0.3 is 4.90 Å². The van der Waals surface area contributed by atoms with E-state index < -0.39 is 0 Å². The number of hydrogen-bond acceptors (Lipinski definition) is 1. The molecule has 1 atom stereocenters. The zero-order valence-electron chi connectivity index (χ0n) is 7.65. The fourth-order valence-corrected chi connectivity index (χ4v) is 1.69. The second-order valence-electron chi connectivity index (χ2n) is 4.30. The van der Waals surface area contributed by atoms with Gasteiger partial charge in [-0.25, -0.2) is 0 Å². The summed E-state index contributed by atoms with van der Waals surface area (Å²) >= 11 is 0. The minimum atomic E-state index is 0.592. The molecule has 60 valence electrons. The van der Waals surface area contributed by atoms with Crippen molar-refractivity contribution in [1.82, 2.24) is 4.90 Å². The predicted octanol–water partition coefficient (Wildman–Crippen LogP) is 1.98. The molecule has 1 nitrogen and oxygen atoms in total. The second-order valence-corrected chi connectivity index (χ2v) is 4.30. The van der Waals surface area contributed by atoms with E-state index in [0.29, 0.717) is 5.41 Å². The summed E-state index contributed by atoms with van der Waals surface area (Å²) in [7, 11) is 2.22. The normalized spacial score (nSPS) is 35.7. The molecular weight excluding hydrogens is 122 g/mol. The highest BCUT2D eigenvalue weighted by Gasteiger charge is 2.34. The molecule has 10 heavy (non-hydrogen) atoms. The molecule has 1 fully saturated rings. The summed E-state index contributed by atoms with van der Waals surface area (Å²) in [4.78, 5) is 2.43.